The molecule has 1 fully saturated rings. The molecule has 1 aliphatic heterocycles. The number of hydrogen-bond donors (Lipinski definition) is 2. The first-order valence-electron chi connectivity index (χ1n) is 7.63. The first-order chi connectivity index (χ1) is 11.1. The van der Waals surface area contributed by atoms with Gasteiger partial charge in [0.15, 0.2) is 6.61 Å². The molecule has 0 aromatic heterocycles. The maximum Gasteiger partial charge on any atom is 0.258 e. The largest absolute Gasteiger partial charge is 0.484 e. The van der Waals surface area contributed by atoms with Crippen molar-refractivity contribution in [1.29, 1.82) is 0 Å². The third kappa shape index (κ3) is 5.66. The molecule has 1 heterocycles. The Kier molecular flexibility index (Phi) is 7.11. The molecule has 0 aliphatic carbocycles. The second kappa shape index (κ2) is 9.08. The number of benzene rings is 1. The lowest BCUT2D eigenvalue weighted by atomic mass is 10.2. The summed E-state index contributed by atoms with van der Waals surface area (Å²) >= 11 is 3.91. The second-order valence-electron chi connectivity index (χ2n) is 5.12. The lowest BCUT2D eigenvalue weighted by molar-refractivity contribution is -0.129. The predicted molar refractivity (Wildman–Crippen MR) is 95.9 cm³/mol. The maximum absolute atomic E-state index is 11.8. The Hall–Kier alpha value is -1.34. The van der Waals surface area contributed by atoms with Gasteiger partial charge in [-0.3, -0.25) is 9.59 Å². The van der Waals surface area contributed by atoms with Crippen LogP contribution in [0.25, 0.3) is 0 Å². The van der Waals surface area contributed by atoms with Crippen molar-refractivity contribution in [1.82, 2.24) is 10.6 Å². The van der Waals surface area contributed by atoms with Crippen LogP contribution in [0.5, 0.6) is 5.75 Å². The Labute approximate surface area is 145 Å². The smallest absolute Gasteiger partial charge is 0.258 e. The SMILES string of the molecule is CCNC(=O)[C@H](C)NC(=O)COc1ccc(C2SCCS2)cc1. The molecule has 0 radical (unpaired) electrons. The fourth-order valence-electron chi connectivity index (χ4n) is 2.10. The Morgan fingerprint density at radius 1 is 1.26 bits per heavy atom. The molecule has 23 heavy (non-hydrogen) atoms. The summed E-state index contributed by atoms with van der Waals surface area (Å²) < 4.78 is 5.97. The van der Waals surface area contributed by atoms with Crippen LogP contribution < -0.4 is 15.4 Å². The van der Waals surface area contributed by atoms with Crippen molar-refractivity contribution in [3.8, 4) is 5.75 Å². The quantitative estimate of drug-likeness (QED) is 0.786. The Morgan fingerprint density at radius 3 is 2.52 bits per heavy atom. The highest BCUT2D eigenvalue weighted by molar-refractivity contribution is 8.19. The molecule has 2 N–H and O–H groups in total. The summed E-state index contributed by atoms with van der Waals surface area (Å²) in [5, 5.41) is 5.27. The van der Waals surface area contributed by atoms with Gasteiger partial charge in [0.1, 0.15) is 11.8 Å². The first kappa shape index (κ1) is 18.0. The monoisotopic (exact) mass is 354 g/mol. The lowest BCUT2D eigenvalue weighted by Gasteiger charge is -2.14. The molecule has 2 rings (SSSR count). The highest BCUT2D eigenvalue weighted by Gasteiger charge is 2.18. The Morgan fingerprint density at radius 2 is 1.91 bits per heavy atom. The third-order valence-electron chi connectivity index (χ3n) is 3.27. The molecule has 1 aromatic rings. The van der Waals surface area contributed by atoms with Gasteiger partial charge >= 0.3 is 0 Å². The number of rotatable bonds is 7. The molecule has 0 bridgehead atoms. The van der Waals surface area contributed by atoms with Crippen LogP contribution in [0, 0.1) is 0 Å². The zero-order valence-corrected chi connectivity index (χ0v) is 15.0. The molecule has 5 nitrogen and oxygen atoms in total. The van der Waals surface area contributed by atoms with E-state index < -0.39 is 6.04 Å². The van der Waals surface area contributed by atoms with Crippen molar-refractivity contribution in [2.24, 2.45) is 0 Å². The molecule has 2 amide bonds. The molecule has 0 saturated carbocycles. The van der Waals surface area contributed by atoms with E-state index in [9.17, 15) is 9.59 Å². The molecule has 0 spiro atoms. The van der Waals surface area contributed by atoms with Gasteiger partial charge in [-0.05, 0) is 31.5 Å². The maximum atomic E-state index is 11.8. The summed E-state index contributed by atoms with van der Waals surface area (Å²) in [5.74, 6) is 2.53. The van der Waals surface area contributed by atoms with Crippen molar-refractivity contribution >= 4 is 35.3 Å². The number of likely N-dealkylation sites (N-methyl/N-ethyl adjacent to an activating group) is 1. The van der Waals surface area contributed by atoms with E-state index in [0.717, 1.165) is 0 Å². The van der Waals surface area contributed by atoms with Crippen molar-refractivity contribution in [3.63, 3.8) is 0 Å². The summed E-state index contributed by atoms with van der Waals surface area (Å²) in [6.07, 6.45) is 0. The van der Waals surface area contributed by atoms with Gasteiger partial charge in [0.25, 0.3) is 5.91 Å². The molecule has 0 unspecified atom stereocenters. The Balaban J connectivity index is 1.76. The minimum absolute atomic E-state index is 0.101. The number of carbonyl (C=O) groups is 2. The third-order valence-corrected chi connectivity index (χ3v) is 6.37. The zero-order chi connectivity index (χ0) is 16.7. The van der Waals surface area contributed by atoms with Crippen molar-refractivity contribution in [2.75, 3.05) is 24.7 Å². The fraction of sp³-hybridized carbons (Fsp3) is 0.500. The van der Waals surface area contributed by atoms with E-state index in [1.807, 2.05) is 54.7 Å². The molecule has 1 atom stereocenters. The van der Waals surface area contributed by atoms with E-state index in [4.69, 9.17) is 4.74 Å². The van der Waals surface area contributed by atoms with Gasteiger partial charge in [0, 0.05) is 18.1 Å². The molecule has 7 heteroatoms. The molecule has 126 valence electrons. The number of carbonyl (C=O) groups excluding carboxylic acids is 2. The van der Waals surface area contributed by atoms with Gasteiger partial charge in [-0.25, -0.2) is 0 Å². The van der Waals surface area contributed by atoms with Crippen LogP contribution in [0.1, 0.15) is 24.0 Å². The second-order valence-corrected chi connectivity index (χ2v) is 7.84. The minimum Gasteiger partial charge on any atom is -0.484 e. The topological polar surface area (TPSA) is 67.4 Å². The highest BCUT2D eigenvalue weighted by atomic mass is 32.2. The molecule has 1 saturated heterocycles. The number of hydrogen-bond acceptors (Lipinski definition) is 5. The normalized spacial score (nSPS) is 15.9. The predicted octanol–water partition coefficient (Wildman–Crippen LogP) is 2.18. The van der Waals surface area contributed by atoms with Gasteiger partial charge in [0.05, 0.1) is 4.58 Å². The highest BCUT2D eigenvalue weighted by Crippen LogP contribution is 2.45. The van der Waals surface area contributed by atoms with E-state index in [1.54, 1.807) is 6.92 Å². The minimum atomic E-state index is -0.565. The van der Waals surface area contributed by atoms with Crippen LogP contribution >= 0.6 is 23.5 Å². The molecular weight excluding hydrogens is 332 g/mol. The first-order valence-corrected chi connectivity index (χ1v) is 9.73. The number of nitrogens with one attached hydrogen (secondary N) is 2. The zero-order valence-electron chi connectivity index (χ0n) is 13.3. The number of amides is 2. The summed E-state index contributed by atoms with van der Waals surface area (Å²) in [6.45, 7) is 3.92. The van der Waals surface area contributed by atoms with Crippen molar-refractivity contribution < 1.29 is 14.3 Å². The van der Waals surface area contributed by atoms with E-state index in [1.165, 1.54) is 17.1 Å². The summed E-state index contributed by atoms with van der Waals surface area (Å²) in [7, 11) is 0. The average Bonchev–Trinajstić information content (AvgIpc) is 3.08. The standard InChI is InChI=1S/C16H22N2O3S2/c1-3-17-15(20)11(2)18-14(19)10-21-13-6-4-12(5-7-13)16-22-8-9-23-16/h4-7,11,16H,3,8-10H2,1-2H3,(H,17,20)(H,18,19)/t11-/m0/s1. The van der Waals surface area contributed by atoms with Crippen LogP contribution in [0.3, 0.4) is 0 Å². The summed E-state index contributed by atoms with van der Waals surface area (Å²) in [4.78, 5) is 23.3. The summed E-state index contributed by atoms with van der Waals surface area (Å²) in [5.41, 5.74) is 1.28. The van der Waals surface area contributed by atoms with Gasteiger partial charge in [0.2, 0.25) is 5.91 Å². The van der Waals surface area contributed by atoms with Gasteiger partial charge in [-0.2, -0.15) is 0 Å². The van der Waals surface area contributed by atoms with Gasteiger partial charge < -0.3 is 15.4 Å². The summed E-state index contributed by atoms with van der Waals surface area (Å²) in [6, 6.07) is 7.29. The fourth-order valence-corrected chi connectivity index (χ4v) is 4.96. The van der Waals surface area contributed by atoms with Crippen LogP contribution in [0.2, 0.25) is 0 Å². The van der Waals surface area contributed by atoms with Gasteiger partial charge in [-0.1, -0.05) is 12.1 Å². The van der Waals surface area contributed by atoms with E-state index in [0.29, 0.717) is 16.9 Å². The Bertz CT molecular complexity index is 531. The van der Waals surface area contributed by atoms with Crippen LogP contribution in [0.4, 0.5) is 0 Å². The molecule has 1 aromatic carbocycles. The average molecular weight is 354 g/mol. The lowest BCUT2D eigenvalue weighted by Crippen LogP contribution is -2.46. The van der Waals surface area contributed by atoms with Crippen LogP contribution in [-0.2, 0) is 9.59 Å². The van der Waals surface area contributed by atoms with Crippen LogP contribution in [-0.4, -0.2) is 42.5 Å². The van der Waals surface area contributed by atoms with E-state index in [2.05, 4.69) is 10.6 Å². The van der Waals surface area contributed by atoms with Crippen LogP contribution in [0.15, 0.2) is 24.3 Å². The van der Waals surface area contributed by atoms with E-state index >= 15 is 0 Å². The van der Waals surface area contributed by atoms with Crippen molar-refractivity contribution in [3.05, 3.63) is 29.8 Å². The number of thioether (sulfide) groups is 2. The molecule has 1 aliphatic rings. The van der Waals surface area contributed by atoms with Gasteiger partial charge in [-0.15, -0.1) is 23.5 Å². The van der Waals surface area contributed by atoms with E-state index in [-0.39, 0.29) is 18.4 Å². The number of ether oxygens (including phenoxy) is 1. The molecular formula is C16H22N2O3S2. The van der Waals surface area contributed by atoms with Crippen molar-refractivity contribution in [2.45, 2.75) is 24.5 Å².